The molecule has 0 spiro atoms. The molecular formula is C17H18FN3O2. The Bertz CT molecular complexity index is 704. The van der Waals surface area contributed by atoms with E-state index in [0.717, 1.165) is 11.6 Å². The average molecular weight is 315 g/mol. The van der Waals surface area contributed by atoms with Gasteiger partial charge in [-0.3, -0.25) is 9.59 Å². The van der Waals surface area contributed by atoms with Crippen molar-refractivity contribution in [1.29, 1.82) is 0 Å². The molecule has 23 heavy (non-hydrogen) atoms. The molecule has 0 unspecified atom stereocenters. The Balaban J connectivity index is 2.18. The van der Waals surface area contributed by atoms with E-state index in [4.69, 9.17) is 5.73 Å². The summed E-state index contributed by atoms with van der Waals surface area (Å²) < 4.78 is 14.1. The van der Waals surface area contributed by atoms with E-state index in [2.05, 4.69) is 10.6 Å². The average Bonchev–Trinajstić information content (AvgIpc) is 2.57. The van der Waals surface area contributed by atoms with Crippen molar-refractivity contribution in [3.05, 3.63) is 65.5 Å². The minimum absolute atomic E-state index is 0.0111. The molecule has 1 atom stereocenters. The van der Waals surface area contributed by atoms with Crippen LogP contribution < -0.4 is 16.4 Å². The van der Waals surface area contributed by atoms with Gasteiger partial charge < -0.3 is 16.4 Å². The maximum atomic E-state index is 14.1. The summed E-state index contributed by atoms with van der Waals surface area (Å²) in [5.74, 6) is -2.05. The molecule has 0 aliphatic carbocycles. The van der Waals surface area contributed by atoms with Crippen LogP contribution in [0.15, 0.2) is 48.5 Å². The van der Waals surface area contributed by atoms with Crippen LogP contribution in [0.5, 0.6) is 0 Å². The SMILES string of the molecule is CNC(=O)c1ccc(NC(=O)[C@@H](CN)c2ccccc2)c(F)c1. The van der Waals surface area contributed by atoms with Crippen molar-refractivity contribution in [1.82, 2.24) is 5.32 Å². The highest BCUT2D eigenvalue weighted by atomic mass is 19.1. The first kappa shape index (κ1) is 16.6. The molecule has 120 valence electrons. The first-order chi connectivity index (χ1) is 11.1. The van der Waals surface area contributed by atoms with Gasteiger partial charge in [-0.1, -0.05) is 30.3 Å². The zero-order chi connectivity index (χ0) is 16.8. The van der Waals surface area contributed by atoms with Crippen molar-refractivity contribution in [2.45, 2.75) is 5.92 Å². The van der Waals surface area contributed by atoms with Gasteiger partial charge in [-0.05, 0) is 23.8 Å². The molecule has 0 heterocycles. The summed E-state index contributed by atoms with van der Waals surface area (Å²) in [6.07, 6.45) is 0. The number of amides is 2. The second-order valence-electron chi connectivity index (χ2n) is 4.96. The molecule has 2 amide bonds. The minimum atomic E-state index is -0.678. The first-order valence-electron chi connectivity index (χ1n) is 7.14. The van der Waals surface area contributed by atoms with Gasteiger partial charge in [-0.25, -0.2) is 4.39 Å². The number of carbonyl (C=O) groups excluding carboxylic acids is 2. The van der Waals surface area contributed by atoms with Gasteiger partial charge in [0.15, 0.2) is 0 Å². The molecule has 6 heteroatoms. The molecule has 0 fully saturated rings. The summed E-state index contributed by atoms with van der Waals surface area (Å²) in [6, 6.07) is 12.9. The Morgan fingerprint density at radius 1 is 1.17 bits per heavy atom. The Morgan fingerprint density at radius 2 is 1.87 bits per heavy atom. The maximum Gasteiger partial charge on any atom is 0.251 e. The Kier molecular flexibility index (Phi) is 5.43. The number of anilines is 1. The van der Waals surface area contributed by atoms with Gasteiger partial charge in [0.1, 0.15) is 5.82 Å². The standard InChI is InChI=1S/C17H18FN3O2/c1-20-16(22)12-7-8-15(14(18)9-12)21-17(23)13(10-19)11-5-3-2-4-6-11/h2-9,13H,10,19H2,1H3,(H,20,22)(H,21,23)/t13-/m0/s1. The summed E-state index contributed by atoms with van der Waals surface area (Å²) in [5.41, 5.74) is 6.62. The second-order valence-corrected chi connectivity index (χ2v) is 4.96. The molecule has 0 aliphatic rings. The van der Waals surface area contributed by atoms with Crippen molar-refractivity contribution in [3.8, 4) is 0 Å². The fourth-order valence-electron chi connectivity index (χ4n) is 2.20. The van der Waals surface area contributed by atoms with Gasteiger partial charge in [0.25, 0.3) is 5.91 Å². The quantitative estimate of drug-likeness (QED) is 0.787. The number of hydrogen-bond acceptors (Lipinski definition) is 3. The molecule has 2 aromatic carbocycles. The lowest BCUT2D eigenvalue weighted by Crippen LogP contribution is -2.27. The van der Waals surface area contributed by atoms with Crippen molar-refractivity contribution in [3.63, 3.8) is 0 Å². The third-order valence-electron chi connectivity index (χ3n) is 3.47. The van der Waals surface area contributed by atoms with E-state index in [1.807, 2.05) is 18.2 Å². The van der Waals surface area contributed by atoms with E-state index in [0.29, 0.717) is 0 Å². The van der Waals surface area contributed by atoms with Gasteiger partial charge in [0, 0.05) is 19.2 Å². The Morgan fingerprint density at radius 3 is 2.43 bits per heavy atom. The van der Waals surface area contributed by atoms with Crippen LogP contribution in [0.4, 0.5) is 10.1 Å². The number of nitrogens with two attached hydrogens (primary N) is 1. The zero-order valence-electron chi connectivity index (χ0n) is 12.7. The van der Waals surface area contributed by atoms with E-state index in [1.54, 1.807) is 12.1 Å². The fraction of sp³-hybridized carbons (Fsp3) is 0.176. The smallest absolute Gasteiger partial charge is 0.251 e. The number of hydrogen-bond donors (Lipinski definition) is 3. The van der Waals surface area contributed by atoms with E-state index in [1.165, 1.54) is 19.2 Å². The predicted molar refractivity (Wildman–Crippen MR) is 86.7 cm³/mol. The first-order valence-corrected chi connectivity index (χ1v) is 7.14. The van der Waals surface area contributed by atoms with Gasteiger partial charge >= 0.3 is 0 Å². The fourth-order valence-corrected chi connectivity index (χ4v) is 2.20. The number of carbonyl (C=O) groups is 2. The highest BCUT2D eigenvalue weighted by Crippen LogP contribution is 2.20. The number of rotatable bonds is 5. The lowest BCUT2D eigenvalue weighted by Gasteiger charge is -2.16. The molecule has 2 aromatic rings. The van der Waals surface area contributed by atoms with Crippen LogP contribution in [0.2, 0.25) is 0 Å². The van der Waals surface area contributed by atoms with Gasteiger partial charge in [-0.2, -0.15) is 0 Å². The van der Waals surface area contributed by atoms with Crippen LogP contribution >= 0.6 is 0 Å². The highest BCUT2D eigenvalue weighted by molar-refractivity contribution is 5.98. The summed E-state index contributed by atoms with van der Waals surface area (Å²) in [5, 5.41) is 4.93. The molecule has 0 bridgehead atoms. The van der Waals surface area contributed by atoms with Crippen LogP contribution in [-0.2, 0) is 4.79 Å². The molecular weight excluding hydrogens is 297 g/mol. The Labute approximate surface area is 133 Å². The van der Waals surface area contributed by atoms with Crippen LogP contribution in [-0.4, -0.2) is 25.4 Å². The third-order valence-corrected chi connectivity index (χ3v) is 3.47. The van der Waals surface area contributed by atoms with Crippen LogP contribution in [0.3, 0.4) is 0 Å². The number of benzene rings is 2. The van der Waals surface area contributed by atoms with Crippen molar-refractivity contribution in [2.75, 3.05) is 18.9 Å². The minimum Gasteiger partial charge on any atom is -0.355 e. The summed E-state index contributed by atoms with van der Waals surface area (Å²) >= 11 is 0. The van der Waals surface area contributed by atoms with E-state index >= 15 is 0 Å². The molecule has 0 saturated carbocycles. The summed E-state index contributed by atoms with van der Waals surface area (Å²) in [4.78, 5) is 23.8. The Hall–Kier alpha value is -2.73. The zero-order valence-corrected chi connectivity index (χ0v) is 12.7. The van der Waals surface area contributed by atoms with Crippen LogP contribution in [0.1, 0.15) is 21.8 Å². The molecule has 0 aliphatic heterocycles. The third kappa shape index (κ3) is 3.92. The normalized spacial score (nSPS) is 11.6. The second kappa shape index (κ2) is 7.51. The largest absolute Gasteiger partial charge is 0.355 e. The monoisotopic (exact) mass is 315 g/mol. The summed E-state index contributed by atoms with van der Waals surface area (Å²) in [7, 11) is 1.46. The van der Waals surface area contributed by atoms with Crippen molar-refractivity contribution >= 4 is 17.5 Å². The van der Waals surface area contributed by atoms with E-state index < -0.39 is 23.5 Å². The lowest BCUT2D eigenvalue weighted by atomic mass is 9.98. The van der Waals surface area contributed by atoms with E-state index in [-0.39, 0.29) is 17.8 Å². The molecule has 0 aromatic heterocycles. The maximum absolute atomic E-state index is 14.1. The van der Waals surface area contributed by atoms with Crippen LogP contribution in [0, 0.1) is 5.82 Å². The van der Waals surface area contributed by atoms with Gasteiger partial charge in [0.05, 0.1) is 11.6 Å². The van der Waals surface area contributed by atoms with Crippen molar-refractivity contribution in [2.24, 2.45) is 5.73 Å². The summed E-state index contributed by atoms with van der Waals surface area (Å²) in [6.45, 7) is 0.105. The topological polar surface area (TPSA) is 84.2 Å². The number of halogens is 1. The molecule has 2 rings (SSSR count). The highest BCUT2D eigenvalue weighted by Gasteiger charge is 2.20. The molecule has 0 radical (unpaired) electrons. The number of nitrogens with one attached hydrogen (secondary N) is 2. The van der Waals surface area contributed by atoms with E-state index in [9.17, 15) is 14.0 Å². The van der Waals surface area contributed by atoms with Crippen molar-refractivity contribution < 1.29 is 14.0 Å². The molecule has 5 nitrogen and oxygen atoms in total. The van der Waals surface area contributed by atoms with Gasteiger partial charge in [0.2, 0.25) is 5.91 Å². The van der Waals surface area contributed by atoms with Crippen LogP contribution in [0.25, 0.3) is 0 Å². The predicted octanol–water partition coefficient (Wildman–Crippen LogP) is 1.87. The lowest BCUT2D eigenvalue weighted by molar-refractivity contribution is -0.117. The van der Waals surface area contributed by atoms with Gasteiger partial charge in [-0.15, -0.1) is 0 Å². The molecule has 0 saturated heterocycles. The molecule has 4 N–H and O–H groups in total.